The maximum absolute atomic E-state index is 15.0. The Labute approximate surface area is 443 Å². The van der Waals surface area contributed by atoms with Crippen LogP contribution in [0.4, 0.5) is 4.39 Å². The van der Waals surface area contributed by atoms with Gasteiger partial charge in [-0.3, -0.25) is 14.1 Å². The zero-order valence-electron chi connectivity index (χ0n) is 47.2. The maximum atomic E-state index is 15.0. The lowest BCUT2D eigenvalue weighted by Gasteiger charge is -2.48. The number of ether oxygens (including phenoxy) is 7. The Bertz CT molecular complexity index is 1990. The van der Waals surface area contributed by atoms with Gasteiger partial charge in [-0.1, -0.05) is 45.5 Å². The molecule has 1 aromatic rings. The van der Waals surface area contributed by atoms with Gasteiger partial charge in [0.25, 0.3) is 0 Å². The molecule has 0 radical (unpaired) electrons. The molecule has 20 heteroatoms. The number of nitrogens with one attached hydrogen (secondary N) is 1. The van der Waals surface area contributed by atoms with E-state index in [0.29, 0.717) is 48.1 Å². The molecule has 18 nitrogen and oxygen atoms in total. The molecule has 0 aromatic heterocycles. The number of halogens is 1. The Hall–Kier alpha value is -2.41. The third-order valence-electron chi connectivity index (χ3n) is 16.6. The summed E-state index contributed by atoms with van der Waals surface area (Å²) in [5.74, 6) is -2.06. The van der Waals surface area contributed by atoms with Gasteiger partial charge in [0.05, 0.1) is 59.4 Å². The summed E-state index contributed by atoms with van der Waals surface area (Å²) in [6, 6.07) is 6.08. The molecule has 4 aliphatic heterocycles. The SMILES string of the molecule is CC[C@H]1OC(=O)[C@H](C)[C@@H](O[C@H]2C[C@@](C)(OC)[C@@H](O)[C@H](C)O2)[C@H](C)[C@@H](O[C@H]2C[C@@H](N(C)CCC3=CN([C@H](CF)[C@H](OC)c4ccc(S(=O)CC)cc4)[NH+](C)[N-]3)C[C@@H](C)O2)[C@](C)(O)C[C@@H](C)CN(C)[C@H](C)[C@@H](O)[C@]1(C)O. The second kappa shape index (κ2) is 26.5. The standard InChI is InChI=1S/C54H94FN5O13S/c1-17-43-54(11,65)48(61)36(7)58(13)30-32(3)27-52(9,64)50(34(5)46(35(6)51(63)71-43)72-45-28-53(10,68-16)49(62)37(8)70-45)73-44-26-40(25-33(4)69-44)57(12)24-23-39-31-60(59(14)56-39)42(29-55)47(67-15)38-19-21-41(22-20-38)74(66)18-2/h19-22,31-37,40,42-50,59,61-62,64-65H,17-18,23-30H2,1-16H3/t32-,33-,34+,35-,36-,37+,40+,42-,43-,44+,45+,46+,47-,48-,49+,50-,52-,53-,54-,74?/m1/s1. The zero-order chi connectivity index (χ0) is 55.2. The van der Waals surface area contributed by atoms with Crippen molar-refractivity contribution in [2.24, 2.45) is 17.8 Å². The van der Waals surface area contributed by atoms with E-state index in [0.717, 1.165) is 11.3 Å². The smallest absolute Gasteiger partial charge is 0.311 e. The summed E-state index contributed by atoms with van der Waals surface area (Å²) in [5, 5.41) is 50.1. The van der Waals surface area contributed by atoms with Gasteiger partial charge in [-0.2, -0.15) is 0 Å². The lowest BCUT2D eigenvalue weighted by Crippen LogP contribution is -3.10. The van der Waals surface area contributed by atoms with Crippen molar-refractivity contribution in [1.82, 2.24) is 14.8 Å². The summed E-state index contributed by atoms with van der Waals surface area (Å²) in [7, 11) is 7.75. The molecule has 1 aromatic carbocycles. The third-order valence-corrected chi connectivity index (χ3v) is 17.9. The highest BCUT2D eigenvalue weighted by Crippen LogP contribution is 2.40. The van der Waals surface area contributed by atoms with E-state index in [1.165, 1.54) is 14.0 Å². The minimum absolute atomic E-state index is 0.00796. The molecule has 3 saturated heterocycles. The van der Waals surface area contributed by atoms with Crippen LogP contribution in [0, 0.1) is 17.8 Å². The largest absolute Gasteiger partial charge is 0.464 e. The van der Waals surface area contributed by atoms with Crippen molar-refractivity contribution >= 4 is 16.8 Å². The van der Waals surface area contributed by atoms with Gasteiger partial charge in [-0.05, 0) is 112 Å². The molecule has 21 atom stereocenters. The van der Waals surface area contributed by atoms with E-state index < -0.39 is 119 Å². The minimum atomic E-state index is -1.82. The van der Waals surface area contributed by atoms with Gasteiger partial charge < -0.3 is 68.8 Å². The fourth-order valence-electron chi connectivity index (χ4n) is 11.9. The molecule has 0 saturated carbocycles. The van der Waals surface area contributed by atoms with Crippen molar-refractivity contribution in [1.29, 1.82) is 0 Å². The fraction of sp³-hybridized carbons (Fsp3) is 0.833. The van der Waals surface area contributed by atoms with E-state index in [2.05, 4.69) is 11.9 Å². The van der Waals surface area contributed by atoms with Crippen molar-refractivity contribution < 1.29 is 72.1 Å². The molecule has 0 bridgehead atoms. The number of nitrogens with zero attached hydrogens (tertiary/aromatic N) is 4. The predicted octanol–water partition coefficient (Wildman–Crippen LogP) is 4.42. The summed E-state index contributed by atoms with van der Waals surface area (Å²) in [6.07, 6.45) is -4.37. The number of methoxy groups -OCH3 is 2. The lowest BCUT2D eigenvalue weighted by atomic mass is 9.77. The molecule has 426 valence electrons. The van der Waals surface area contributed by atoms with Gasteiger partial charge >= 0.3 is 5.97 Å². The van der Waals surface area contributed by atoms with Gasteiger partial charge in [0, 0.05) is 75.0 Å². The first-order valence-electron chi connectivity index (χ1n) is 26.9. The fourth-order valence-corrected chi connectivity index (χ4v) is 12.7. The first-order valence-corrected chi connectivity index (χ1v) is 28.2. The monoisotopic (exact) mass is 1070 g/mol. The maximum Gasteiger partial charge on any atom is 0.311 e. The van der Waals surface area contributed by atoms with Crippen LogP contribution in [0.2, 0.25) is 0 Å². The first-order chi connectivity index (χ1) is 34.7. The predicted molar refractivity (Wildman–Crippen MR) is 279 cm³/mol. The average Bonchev–Trinajstić information content (AvgIpc) is 3.73. The molecular formula is C54H94FN5O13S. The van der Waals surface area contributed by atoms with E-state index in [4.69, 9.17) is 38.6 Å². The highest BCUT2D eigenvalue weighted by atomic mass is 32.2. The van der Waals surface area contributed by atoms with Gasteiger partial charge in [0.2, 0.25) is 0 Å². The topological polar surface area (TPSA) is 208 Å². The number of hydrogen-bond donors (Lipinski definition) is 5. The second-order valence-electron chi connectivity index (χ2n) is 22.6. The summed E-state index contributed by atoms with van der Waals surface area (Å²) < 4.78 is 72.0. The van der Waals surface area contributed by atoms with Crippen molar-refractivity contribution in [3.63, 3.8) is 0 Å². The average molecular weight is 1070 g/mol. The van der Waals surface area contributed by atoms with E-state index in [1.807, 2.05) is 89.1 Å². The van der Waals surface area contributed by atoms with Crippen LogP contribution >= 0.6 is 0 Å². The quantitative estimate of drug-likeness (QED) is 0.137. The van der Waals surface area contributed by atoms with Crippen LogP contribution in [-0.2, 0) is 48.8 Å². The normalized spacial score (nSPS) is 40.6. The van der Waals surface area contributed by atoms with E-state index >= 15 is 4.39 Å². The van der Waals surface area contributed by atoms with Crippen LogP contribution in [0.3, 0.4) is 0 Å². The summed E-state index contributed by atoms with van der Waals surface area (Å²) >= 11 is 0. The molecule has 0 amide bonds. The van der Waals surface area contributed by atoms with Gasteiger partial charge in [0.15, 0.2) is 12.6 Å². The van der Waals surface area contributed by atoms with E-state index in [-0.39, 0.29) is 37.3 Å². The van der Waals surface area contributed by atoms with Crippen LogP contribution in [0.5, 0.6) is 0 Å². The number of rotatable bonds is 17. The number of alkyl halides is 1. The van der Waals surface area contributed by atoms with Gasteiger partial charge in [0.1, 0.15) is 42.7 Å². The molecule has 2 unspecified atom stereocenters. The second-order valence-corrected chi connectivity index (χ2v) is 24.3. The van der Waals surface area contributed by atoms with Crippen molar-refractivity contribution in [2.75, 3.05) is 60.9 Å². The number of hydrogen-bond acceptors (Lipinski definition) is 16. The summed E-state index contributed by atoms with van der Waals surface area (Å²) in [6.45, 7) is 20.2. The summed E-state index contributed by atoms with van der Waals surface area (Å²) in [5.41, 5.74) is 2.04. The molecule has 74 heavy (non-hydrogen) atoms. The highest BCUT2D eigenvalue weighted by molar-refractivity contribution is 7.85. The zero-order valence-corrected chi connectivity index (χ0v) is 48.1. The molecular weight excluding hydrogens is 978 g/mol. The third kappa shape index (κ3) is 14.6. The highest BCUT2D eigenvalue weighted by Gasteiger charge is 2.52. The van der Waals surface area contributed by atoms with Crippen molar-refractivity contribution in [3.8, 4) is 0 Å². The van der Waals surface area contributed by atoms with Crippen LogP contribution in [0.15, 0.2) is 41.1 Å². The number of cyclic esters (lactones) is 1. The number of benzene rings is 1. The van der Waals surface area contributed by atoms with Crippen molar-refractivity contribution in [2.45, 2.75) is 216 Å². The first kappa shape index (κ1) is 62.4. The van der Waals surface area contributed by atoms with Crippen LogP contribution in [-0.4, -0.2) is 197 Å². The Morgan fingerprint density at radius 3 is 2.23 bits per heavy atom. The molecule has 4 heterocycles. The minimum Gasteiger partial charge on any atom is -0.464 e. The number of likely N-dealkylation sites (N-methyl/N-ethyl adjacent to an activating group) is 1. The number of carbonyl (C=O) groups excluding carboxylic acids is 1. The van der Waals surface area contributed by atoms with E-state index in [1.54, 1.807) is 41.7 Å². The van der Waals surface area contributed by atoms with Crippen LogP contribution < -0.4 is 5.12 Å². The number of esters is 1. The number of aliphatic hydroxyl groups excluding tert-OH is 2. The molecule has 4 aliphatic rings. The summed E-state index contributed by atoms with van der Waals surface area (Å²) in [4.78, 5) is 19.4. The lowest BCUT2D eigenvalue weighted by molar-refractivity contribution is -0.954. The molecule has 0 aliphatic carbocycles. The van der Waals surface area contributed by atoms with Gasteiger partial charge in [-0.15, -0.1) is 0 Å². The Morgan fingerprint density at radius 1 is 0.973 bits per heavy atom. The molecule has 3 fully saturated rings. The number of aliphatic hydroxyl groups is 4. The molecule has 5 rings (SSSR count). The van der Waals surface area contributed by atoms with Crippen LogP contribution in [0.25, 0.3) is 5.43 Å². The van der Waals surface area contributed by atoms with Crippen molar-refractivity contribution in [3.05, 3.63) is 47.2 Å². The number of carbonyl (C=O) groups is 1. The molecule has 5 N–H and O–H groups in total. The van der Waals surface area contributed by atoms with Gasteiger partial charge in [-0.25, -0.2) is 9.40 Å². The number of quaternary nitrogens is 1. The Kier molecular flexibility index (Phi) is 22.4. The van der Waals surface area contributed by atoms with Crippen LogP contribution in [0.1, 0.15) is 126 Å². The Balaban J connectivity index is 1.41. The Morgan fingerprint density at radius 2 is 1.64 bits per heavy atom. The van der Waals surface area contributed by atoms with E-state index in [9.17, 15) is 29.4 Å². The molecule has 0 spiro atoms.